The van der Waals surface area contributed by atoms with E-state index in [-0.39, 0.29) is 0 Å². The molecule has 0 bridgehead atoms. The zero-order chi connectivity index (χ0) is 11.1. The van der Waals surface area contributed by atoms with Crippen LogP contribution in [0.15, 0.2) is 23.3 Å². The highest BCUT2D eigenvalue weighted by Gasteiger charge is 2.13. The van der Waals surface area contributed by atoms with Crippen LogP contribution in [0.3, 0.4) is 0 Å². The van der Waals surface area contributed by atoms with Crippen LogP contribution in [0.5, 0.6) is 0 Å². The molecule has 2 aromatic rings. The van der Waals surface area contributed by atoms with Crippen LogP contribution in [-0.2, 0) is 0 Å². The average molecular weight is 328 g/mol. The van der Waals surface area contributed by atoms with Gasteiger partial charge < -0.3 is 0 Å². The van der Waals surface area contributed by atoms with Gasteiger partial charge in [-0.05, 0) is 28.7 Å². The van der Waals surface area contributed by atoms with Gasteiger partial charge in [-0.15, -0.1) is 0 Å². The van der Waals surface area contributed by atoms with Crippen LogP contribution in [0, 0.1) is 9.52 Å². The van der Waals surface area contributed by atoms with Crippen molar-refractivity contribution in [3.05, 3.63) is 27.9 Å². The fraction of sp³-hybridized carbons (Fsp3) is 0.100. The number of hydrogen-bond donors (Lipinski definition) is 0. The van der Waals surface area contributed by atoms with Crippen LogP contribution in [0.4, 0.5) is 4.39 Å². The van der Waals surface area contributed by atoms with E-state index < -0.39 is 5.95 Å². The summed E-state index contributed by atoms with van der Waals surface area (Å²) in [5.41, 5.74) is 1.45. The largest absolute Gasteiger partial charge is 0.287 e. The maximum Gasteiger partial charge on any atom is 0.215 e. The fourth-order valence-corrected chi connectivity index (χ4v) is 2.26. The highest BCUT2D eigenvalue weighted by molar-refractivity contribution is 14.1. The Morgan fingerprint density at radius 3 is 3.06 bits per heavy atom. The molecule has 0 saturated carbocycles. The summed E-state index contributed by atoms with van der Waals surface area (Å²) in [5.74, 6) is -0.488. The maximum absolute atomic E-state index is 13.2. The van der Waals surface area contributed by atoms with Crippen molar-refractivity contribution >= 4 is 45.5 Å². The molecule has 2 aromatic heterocycles. The van der Waals surface area contributed by atoms with E-state index in [9.17, 15) is 4.39 Å². The molecule has 0 N–H and O–H groups in total. The summed E-state index contributed by atoms with van der Waals surface area (Å²) >= 11 is 2.08. The van der Waals surface area contributed by atoms with Crippen LogP contribution in [0.2, 0.25) is 0 Å². The molecular weight excluding hydrogens is 322 g/mol. The van der Waals surface area contributed by atoms with Gasteiger partial charge in [0.1, 0.15) is 0 Å². The van der Waals surface area contributed by atoms with E-state index in [4.69, 9.17) is 0 Å². The van der Waals surface area contributed by atoms with Crippen molar-refractivity contribution < 1.29 is 4.39 Å². The first-order valence-corrected chi connectivity index (χ1v) is 5.73. The third kappa shape index (κ3) is 1.44. The predicted molar refractivity (Wildman–Crippen MR) is 67.8 cm³/mol. The van der Waals surface area contributed by atoms with Gasteiger partial charge in [-0.3, -0.25) is 4.99 Å². The number of hydrogen-bond acceptors (Lipinski definition) is 3. The van der Waals surface area contributed by atoms with Crippen molar-refractivity contribution in [2.45, 2.75) is 0 Å². The zero-order valence-corrected chi connectivity index (χ0v) is 10.2. The van der Waals surface area contributed by atoms with Gasteiger partial charge in [-0.2, -0.15) is 14.5 Å². The summed E-state index contributed by atoms with van der Waals surface area (Å²) in [6.07, 6.45) is 5.27. The lowest BCUT2D eigenvalue weighted by Crippen LogP contribution is -2.02. The second kappa shape index (κ2) is 3.62. The monoisotopic (exact) mass is 328 g/mol. The van der Waals surface area contributed by atoms with E-state index in [1.54, 1.807) is 17.1 Å². The summed E-state index contributed by atoms with van der Waals surface area (Å²) < 4.78 is 15.7. The number of nitrogens with zero attached hydrogens (tertiary/aromatic N) is 4. The third-order valence-electron chi connectivity index (χ3n) is 2.36. The molecule has 6 heteroatoms. The summed E-state index contributed by atoms with van der Waals surface area (Å²) in [5, 5.41) is 5.07. The molecule has 0 fully saturated rings. The Morgan fingerprint density at radius 2 is 2.31 bits per heavy atom. The Balaban J connectivity index is 2.27. The second-order valence-corrected chi connectivity index (χ2v) is 4.53. The minimum Gasteiger partial charge on any atom is -0.287 e. The summed E-state index contributed by atoms with van der Waals surface area (Å²) in [6, 6.07) is 1.40. The van der Waals surface area contributed by atoms with Crippen LogP contribution in [0.25, 0.3) is 16.7 Å². The molecule has 80 valence electrons. The van der Waals surface area contributed by atoms with E-state index in [0.29, 0.717) is 12.2 Å². The summed E-state index contributed by atoms with van der Waals surface area (Å²) in [6.45, 7) is 0.561. The third-order valence-corrected chi connectivity index (χ3v) is 3.25. The summed E-state index contributed by atoms with van der Waals surface area (Å²) in [4.78, 5) is 7.94. The van der Waals surface area contributed by atoms with Crippen LogP contribution >= 0.6 is 22.6 Å². The Bertz CT molecular complexity index is 629. The Hall–Kier alpha value is -1.31. The van der Waals surface area contributed by atoms with Crippen molar-refractivity contribution in [2.24, 2.45) is 4.99 Å². The standard InChI is InChI=1S/C10H6FIN4/c11-9-3-8(12)7-5-14-16(10(7)15-9)6-1-2-13-4-6/h1-3,5H,4H2. The number of aromatic nitrogens is 3. The molecule has 0 aromatic carbocycles. The first kappa shape index (κ1) is 9.88. The Morgan fingerprint density at radius 1 is 1.44 bits per heavy atom. The molecule has 1 aliphatic rings. The molecule has 0 spiro atoms. The molecule has 0 aliphatic carbocycles. The molecule has 16 heavy (non-hydrogen) atoms. The molecule has 0 atom stereocenters. The number of aliphatic imine (C=N–C) groups is 1. The van der Waals surface area contributed by atoms with Gasteiger partial charge in [0.2, 0.25) is 5.95 Å². The van der Waals surface area contributed by atoms with Crippen LogP contribution < -0.4 is 0 Å². The normalized spacial score (nSPS) is 14.8. The Labute approximate surface area is 104 Å². The van der Waals surface area contributed by atoms with Crippen molar-refractivity contribution in [2.75, 3.05) is 6.54 Å². The van der Waals surface area contributed by atoms with E-state index in [0.717, 1.165) is 14.7 Å². The lowest BCUT2D eigenvalue weighted by molar-refractivity contribution is 0.586. The fourth-order valence-electron chi connectivity index (χ4n) is 1.62. The first-order chi connectivity index (χ1) is 7.75. The smallest absolute Gasteiger partial charge is 0.215 e. The topological polar surface area (TPSA) is 43.1 Å². The van der Waals surface area contributed by atoms with E-state index >= 15 is 0 Å². The Kier molecular flexibility index (Phi) is 2.23. The second-order valence-electron chi connectivity index (χ2n) is 3.37. The quantitative estimate of drug-likeness (QED) is 0.594. The molecule has 3 rings (SSSR count). The van der Waals surface area contributed by atoms with E-state index in [2.05, 4.69) is 37.7 Å². The maximum atomic E-state index is 13.2. The van der Waals surface area contributed by atoms with Gasteiger partial charge in [-0.25, -0.2) is 4.68 Å². The van der Waals surface area contributed by atoms with Crippen LogP contribution in [-0.4, -0.2) is 27.5 Å². The van der Waals surface area contributed by atoms with Gasteiger partial charge in [-0.1, -0.05) is 0 Å². The van der Waals surface area contributed by atoms with Gasteiger partial charge in [0.05, 0.1) is 23.8 Å². The molecule has 3 heterocycles. The van der Waals surface area contributed by atoms with Crippen molar-refractivity contribution in [3.8, 4) is 0 Å². The van der Waals surface area contributed by atoms with Crippen LogP contribution in [0.1, 0.15) is 0 Å². The number of allylic oxidation sites excluding steroid dienone is 1. The van der Waals surface area contributed by atoms with Crippen molar-refractivity contribution in [3.63, 3.8) is 0 Å². The average Bonchev–Trinajstić information content (AvgIpc) is 2.83. The highest BCUT2D eigenvalue weighted by Crippen LogP contribution is 2.22. The molecular formula is C10H6FIN4. The number of rotatable bonds is 1. The van der Waals surface area contributed by atoms with Crippen molar-refractivity contribution in [1.82, 2.24) is 14.8 Å². The minimum atomic E-state index is -0.488. The van der Waals surface area contributed by atoms with Gasteiger partial charge in [0, 0.05) is 15.9 Å². The number of pyridine rings is 1. The molecule has 0 saturated heterocycles. The first-order valence-electron chi connectivity index (χ1n) is 4.65. The van der Waals surface area contributed by atoms with E-state index in [1.807, 2.05) is 6.08 Å². The van der Waals surface area contributed by atoms with E-state index in [1.165, 1.54) is 6.07 Å². The lowest BCUT2D eigenvalue weighted by atomic mass is 10.3. The predicted octanol–water partition coefficient (Wildman–Crippen LogP) is 2.10. The van der Waals surface area contributed by atoms with Gasteiger partial charge >= 0.3 is 0 Å². The van der Waals surface area contributed by atoms with Gasteiger partial charge in [0.25, 0.3) is 0 Å². The molecule has 4 nitrogen and oxygen atoms in total. The molecule has 0 amide bonds. The number of fused-ring (bicyclic) bond motifs is 1. The molecule has 0 radical (unpaired) electrons. The highest BCUT2D eigenvalue weighted by atomic mass is 127. The van der Waals surface area contributed by atoms with Crippen molar-refractivity contribution in [1.29, 1.82) is 0 Å². The molecule has 1 aliphatic heterocycles. The summed E-state index contributed by atoms with van der Waals surface area (Å²) in [7, 11) is 0. The van der Waals surface area contributed by atoms with Gasteiger partial charge in [0.15, 0.2) is 5.65 Å². The SMILES string of the molecule is Fc1cc(I)c2cnn(C3=CC=NC3)c2n1. The lowest BCUT2D eigenvalue weighted by Gasteiger charge is -2.02. The zero-order valence-electron chi connectivity index (χ0n) is 8.06. The number of halogens is 2. The molecule has 0 unspecified atom stereocenters. The minimum absolute atomic E-state index is 0.488.